The summed E-state index contributed by atoms with van der Waals surface area (Å²) in [5.74, 6) is -2.46. The Labute approximate surface area is 203 Å². The maximum Gasteiger partial charge on any atom is 0.255 e. The van der Waals surface area contributed by atoms with Crippen molar-refractivity contribution in [2.75, 3.05) is 30.8 Å². The van der Waals surface area contributed by atoms with Gasteiger partial charge >= 0.3 is 0 Å². The molecule has 1 saturated heterocycles. The summed E-state index contributed by atoms with van der Waals surface area (Å²) in [6.07, 6.45) is -0.659. The fourth-order valence-electron chi connectivity index (χ4n) is 4.55. The number of amides is 1. The predicted molar refractivity (Wildman–Crippen MR) is 132 cm³/mol. The summed E-state index contributed by atoms with van der Waals surface area (Å²) in [7, 11) is 1.72. The van der Waals surface area contributed by atoms with E-state index in [0.717, 1.165) is 21.9 Å². The number of nitrogens with zero attached hydrogens (tertiary/aromatic N) is 4. The van der Waals surface area contributed by atoms with Crippen LogP contribution in [0.25, 0.3) is 10.8 Å². The molecule has 0 bridgehead atoms. The number of carbonyl (C=O) groups is 1. The quantitative estimate of drug-likeness (QED) is 0.523. The van der Waals surface area contributed by atoms with E-state index in [1.165, 1.54) is 4.90 Å². The zero-order valence-corrected chi connectivity index (χ0v) is 20.2. The second kappa shape index (κ2) is 9.45. The SMILES string of the molecule is CNc1cc2c(NC(C)c3cccc(C#N)c3C)nnc(C)c2cc1C(=O)N1CCC(F)(F)CC1. The number of piperidine rings is 1. The number of carbonyl (C=O) groups excluding carboxylic acids is 1. The summed E-state index contributed by atoms with van der Waals surface area (Å²) in [4.78, 5) is 14.7. The summed E-state index contributed by atoms with van der Waals surface area (Å²) in [6, 6.07) is 11.3. The molecule has 1 aliphatic heterocycles. The van der Waals surface area contributed by atoms with Crippen molar-refractivity contribution in [3.63, 3.8) is 0 Å². The lowest BCUT2D eigenvalue weighted by molar-refractivity contribution is -0.0494. The average molecular weight is 479 g/mol. The topological polar surface area (TPSA) is 93.9 Å². The molecule has 2 heterocycles. The van der Waals surface area contributed by atoms with Crippen molar-refractivity contribution in [1.29, 1.82) is 5.26 Å². The molecule has 0 spiro atoms. The summed E-state index contributed by atoms with van der Waals surface area (Å²) in [5.41, 5.74) is 4.15. The zero-order chi connectivity index (χ0) is 25.3. The number of fused-ring (bicyclic) bond motifs is 1. The lowest BCUT2D eigenvalue weighted by Crippen LogP contribution is -2.42. The van der Waals surface area contributed by atoms with Crippen LogP contribution in [0, 0.1) is 25.2 Å². The predicted octanol–water partition coefficient (Wildman–Crippen LogP) is 5.20. The fourth-order valence-corrected chi connectivity index (χ4v) is 4.55. The lowest BCUT2D eigenvalue weighted by atomic mass is 9.97. The number of benzene rings is 2. The number of hydrogen-bond donors (Lipinski definition) is 2. The van der Waals surface area contributed by atoms with Gasteiger partial charge in [-0.05, 0) is 50.1 Å². The van der Waals surface area contributed by atoms with E-state index in [-0.39, 0.29) is 37.9 Å². The zero-order valence-electron chi connectivity index (χ0n) is 20.2. The van der Waals surface area contributed by atoms with Crippen LogP contribution in [-0.2, 0) is 0 Å². The van der Waals surface area contributed by atoms with Crippen LogP contribution < -0.4 is 10.6 Å². The molecule has 1 aromatic heterocycles. The maximum atomic E-state index is 13.6. The molecule has 1 fully saturated rings. The van der Waals surface area contributed by atoms with Crippen molar-refractivity contribution < 1.29 is 13.6 Å². The number of nitriles is 1. The molecule has 3 aromatic rings. The normalized spacial score (nSPS) is 16.0. The second-order valence-electron chi connectivity index (χ2n) is 8.97. The van der Waals surface area contributed by atoms with E-state index in [1.54, 1.807) is 19.2 Å². The number of aryl methyl sites for hydroxylation is 1. The molecule has 1 atom stereocenters. The first-order chi connectivity index (χ1) is 16.6. The monoisotopic (exact) mass is 478 g/mol. The molecule has 2 N–H and O–H groups in total. The number of alkyl halides is 2. The number of anilines is 2. The Morgan fingerprint density at radius 2 is 1.89 bits per heavy atom. The van der Waals surface area contributed by atoms with E-state index >= 15 is 0 Å². The van der Waals surface area contributed by atoms with Crippen LogP contribution in [0.2, 0.25) is 0 Å². The highest BCUT2D eigenvalue weighted by atomic mass is 19.3. The number of hydrogen-bond acceptors (Lipinski definition) is 6. The highest BCUT2D eigenvalue weighted by Gasteiger charge is 2.36. The molecule has 2 aromatic carbocycles. The minimum absolute atomic E-state index is 0.0199. The number of nitrogens with one attached hydrogen (secondary N) is 2. The van der Waals surface area contributed by atoms with Gasteiger partial charge < -0.3 is 15.5 Å². The van der Waals surface area contributed by atoms with Gasteiger partial charge in [-0.15, -0.1) is 5.10 Å². The standard InChI is InChI=1S/C26H28F2N6O/c1-15-18(14-29)6-5-7-19(15)16(2)31-24-21-13-23(30-4)22(12-20(21)17(3)32-33-24)25(35)34-10-8-26(27,28)9-11-34/h5-7,12-13,16,30H,8-11H2,1-4H3,(H,31,33). The van der Waals surface area contributed by atoms with Gasteiger partial charge in [-0.2, -0.15) is 10.4 Å². The van der Waals surface area contributed by atoms with Crippen molar-refractivity contribution >= 4 is 28.2 Å². The Bertz CT molecular complexity index is 1320. The molecule has 0 aliphatic carbocycles. The summed E-state index contributed by atoms with van der Waals surface area (Å²) in [5, 5.41) is 26.0. The van der Waals surface area contributed by atoms with Crippen LogP contribution in [0.1, 0.15) is 58.5 Å². The van der Waals surface area contributed by atoms with Gasteiger partial charge in [0, 0.05) is 49.4 Å². The molecule has 1 amide bonds. The third-order valence-corrected chi connectivity index (χ3v) is 6.70. The summed E-state index contributed by atoms with van der Waals surface area (Å²) < 4.78 is 27.2. The van der Waals surface area contributed by atoms with Crippen molar-refractivity contribution in [1.82, 2.24) is 15.1 Å². The number of likely N-dealkylation sites (tertiary alicyclic amines) is 1. The van der Waals surface area contributed by atoms with E-state index < -0.39 is 5.92 Å². The largest absolute Gasteiger partial charge is 0.387 e. The minimum Gasteiger partial charge on any atom is -0.387 e. The fraction of sp³-hybridized carbons (Fsp3) is 0.385. The van der Waals surface area contributed by atoms with Crippen molar-refractivity contribution in [3.05, 3.63) is 58.3 Å². The van der Waals surface area contributed by atoms with Crippen LogP contribution in [0.15, 0.2) is 30.3 Å². The first kappa shape index (κ1) is 24.3. The summed E-state index contributed by atoms with van der Waals surface area (Å²) >= 11 is 0. The molecule has 0 radical (unpaired) electrons. The molecular weight excluding hydrogens is 450 g/mol. The van der Waals surface area contributed by atoms with Gasteiger partial charge in [-0.1, -0.05) is 12.1 Å². The van der Waals surface area contributed by atoms with Gasteiger partial charge in [0.15, 0.2) is 5.82 Å². The molecule has 4 rings (SSSR count). The Balaban J connectivity index is 1.71. The van der Waals surface area contributed by atoms with Gasteiger partial charge in [0.05, 0.1) is 28.9 Å². The van der Waals surface area contributed by atoms with E-state index in [2.05, 4.69) is 26.9 Å². The van der Waals surface area contributed by atoms with E-state index in [1.807, 2.05) is 39.0 Å². The van der Waals surface area contributed by atoms with E-state index in [9.17, 15) is 18.8 Å². The van der Waals surface area contributed by atoms with Crippen LogP contribution in [0.3, 0.4) is 0 Å². The molecule has 182 valence electrons. The first-order valence-corrected chi connectivity index (χ1v) is 11.6. The number of aromatic nitrogens is 2. The van der Waals surface area contributed by atoms with Crippen molar-refractivity contribution in [2.24, 2.45) is 0 Å². The highest BCUT2D eigenvalue weighted by Crippen LogP contribution is 2.34. The van der Waals surface area contributed by atoms with Crippen molar-refractivity contribution in [3.8, 4) is 6.07 Å². The molecule has 35 heavy (non-hydrogen) atoms. The second-order valence-corrected chi connectivity index (χ2v) is 8.97. The van der Waals surface area contributed by atoms with Gasteiger partial charge in [0.1, 0.15) is 0 Å². The number of rotatable bonds is 5. The molecule has 1 aliphatic rings. The molecule has 7 nitrogen and oxygen atoms in total. The Morgan fingerprint density at radius 1 is 1.17 bits per heavy atom. The lowest BCUT2D eigenvalue weighted by Gasteiger charge is -2.32. The van der Waals surface area contributed by atoms with Gasteiger partial charge in [-0.3, -0.25) is 4.79 Å². The van der Waals surface area contributed by atoms with E-state index in [4.69, 9.17) is 0 Å². The smallest absolute Gasteiger partial charge is 0.255 e. The third-order valence-electron chi connectivity index (χ3n) is 6.70. The summed E-state index contributed by atoms with van der Waals surface area (Å²) in [6.45, 7) is 5.76. The molecular formula is C26H28F2N6O. The van der Waals surface area contributed by atoms with Gasteiger partial charge in [-0.25, -0.2) is 8.78 Å². The molecule has 0 saturated carbocycles. The maximum absolute atomic E-state index is 13.6. The van der Waals surface area contributed by atoms with Crippen LogP contribution in [0.5, 0.6) is 0 Å². The highest BCUT2D eigenvalue weighted by molar-refractivity contribution is 6.06. The first-order valence-electron chi connectivity index (χ1n) is 11.6. The molecule has 1 unspecified atom stereocenters. The Hall–Kier alpha value is -3.80. The van der Waals surface area contributed by atoms with Crippen LogP contribution in [0.4, 0.5) is 20.3 Å². The van der Waals surface area contributed by atoms with Crippen molar-refractivity contribution in [2.45, 2.75) is 45.6 Å². The number of halogens is 2. The van der Waals surface area contributed by atoms with E-state index in [0.29, 0.717) is 28.3 Å². The Kier molecular flexibility index (Phi) is 6.57. The minimum atomic E-state index is -2.72. The molecule has 9 heteroatoms. The Morgan fingerprint density at radius 3 is 2.54 bits per heavy atom. The third kappa shape index (κ3) is 4.74. The van der Waals surface area contributed by atoms with Crippen LogP contribution >= 0.6 is 0 Å². The van der Waals surface area contributed by atoms with Gasteiger partial charge in [0.25, 0.3) is 11.8 Å². The average Bonchev–Trinajstić information content (AvgIpc) is 2.84. The van der Waals surface area contributed by atoms with Gasteiger partial charge in [0.2, 0.25) is 0 Å². The van der Waals surface area contributed by atoms with Crippen LogP contribution in [-0.4, -0.2) is 47.1 Å².